The van der Waals surface area contributed by atoms with E-state index in [-0.39, 0.29) is 12.1 Å². The minimum atomic E-state index is -0.393. The van der Waals surface area contributed by atoms with Gasteiger partial charge in [-0.1, -0.05) is 30.3 Å². The second-order valence-electron chi connectivity index (χ2n) is 8.39. The molecule has 3 aromatic carbocycles. The summed E-state index contributed by atoms with van der Waals surface area (Å²) in [4.78, 5) is 20.6. The largest absolute Gasteiger partial charge is 0.489 e. The van der Waals surface area contributed by atoms with E-state index in [1.54, 1.807) is 6.07 Å². The predicted octanol–water partition coefficient (Wildman–Crippen LogP) is 5.03. The van der Waals surface area contributed by atoms with E-state index in [4.69, 9.17) is 4.74 Å². The summed E-state index contributed by atoms with van der Waals surface area (Å²) in [7, 11) is 1.95. The van der Waals surface area contributed by atoms with E-state index < -0.39 is 5.82 Å². The highest BCUT2D eigenvalue weighted by molar-refractivity contribution is 6.02. The van der Waals surface area contributed by atoms with Crippen molar-refractivity contribution in [2.75, 3.05) is 18.5 Å². The number of aromatic nitrogens is 1. The van der Waals surface area contributed by atoms with Crippen LogP contribution in [-0.2, 0) is 13.0 Å². The molecule has 0 unspecified atom stereocenters. The summed E-state index contributed by atoms with van der Waals surface area (Å²) in [5.74, 6) is 0.300. The van der Waals surface area contributed by atoms with Gasteiger partial charge in [-0.25, -0.2) is 4.39 Å². The Kier molecular flexibility index (Phi) is 4.21. The van der Waals surface area contributed by atoms with Crippen LogP contribution in [0.25, 0.3) is 10.9 Å². The number of carbonyl (C=O) groups excluding carboxylic acids is 1. The summed E-state index contributed by atoms with van der Waals surface area (Å²) >= 11 is 0. The molecule has 3 heterocycles. The number of carbonyl (C=O) groups is 1. The Bertz CT molecular complexity index is 1350. The fourth-order valence-corrected chi connectivity index (χ4v) is 4.97. The average molecular weight is 427 g/mol. The molecule has 1 amide bonds. The van der Waals surface area contributed by atoms with Gasteiger partial charge < -0.3 is 19.5 Å². The zero-order valence-corrected chi connectivity index (χ0v) is 17.6. The number of benzene rings is 3. The molecule has 0 spiro atoms. The molecule has 0 bridgehead atoms. The van der Waals surface area contributed by atoms with Crippen LogP contribution in [0.1, 0.15) is 33.3 Å². The number of aromatic amines is 1. The van der Waals surface area contributed by atoms with E-state index in [1.807, 2.05) is 54.4 Å². The first-order valence-corrected chi connectivity index (χ1v) is 10.7. The van der Waals surface area contributed by atoms with Crippen LogP contribution < -0.4 is 9.64 Å². The Hall–Kier alpha value is -3.80. The van der Waals surface area contributed by atoms with Gasteiger partial charge in [-0.15, -0.1) is 0 Å². The third kappa shape index (κ3) is 2.87. The first-order valence-electron chi connectivity index (χ1n) is 10.7. The third-order valence-corrected chi connectivity index (χ3v) is 6.51. The molecule has 2 aliphatic heterocycles. The molecule has 160 valence electrons. The first kappa shape index (κ1) is 18.9. The smallest absolute Gasteiger partial charge is 0.258 e. The van der Waals surface area contributed by atoms with E-state index in [0.717, 1.165) is 40.0 Å². The summed E-state index contributed by atoms with van der Waals surface area (Å²) in [6, 6.07) is 20.6. The van der Waals surface area contributed by atoms with Crippen molar-refractivity contribution in [2.24, 2.45) is 0 Å². The molecule has 1 N–H and O–H groups in total. The van der Waals surface area contributed by atoms with Gasteiger partial charge in [-0.05, 0) is 53.9 Å². The number of halogens is 1. The quantitative estimate of drug-likeness (QED) is 0.499. The zero-order chi connectivity index (χ0) is 21.8. The highest BCUT2D eigenvalue weighted by Crippen LogP contribution is 2.43. The molecule has 1 aromatic heterocycles. The monoisotopic (exact) mass is 427 g/mol. The average Bonchev–Trinajstić information content (AvgIpc) is 3.19. The van der Waals surface area contributed by atoms with Gasteiger partial charge in [-0.2, -0.15) is 0 Å². The minimum absolute atomic E-state index is 0.126. The van der Waals surface area contributed by atoms with Gasteiger partial charge in [0.25, 0.3) is 5.91 Å². The van der Waals surface area contributed by atoms with Crippen molar-refractivity contribution in [3.63, 3.8) is 0 Å². The fourth-order valence-electron chi connectivity index (χ4n) is 4.97. The summed E-state index contributed by atoms with van der Waals surface area (Å²) < 4.78 is 19.8. The molecule has 6 rings (SSSR count). The molecule has 5 nitrogen and oxygen atoms in total. The van der Waals surface area contributed by atoms with Crippen molar-refractivity contribution in [1.82, 2.24) is 9.88 Å². The maximum atomic E-state index is 13.8. The van der Waals surface area contributed by atoms with Gasteiger partial charge in [-0.3, -0.25) is 4.79 Å². The van der Waals surface area contributed by atoms with Crippen LogP contribution in [0.3, 0.4) is 0 Å². The molecule has 0 saturated heterocycles. The molecule has 2 aliphatic rings. The molecule has 0 saturated carbocycles. The topological polar surface area (TPSA) is 48.6 Å². The van der Waals surface area contributed by atoms with Crippen LogP contribution >= 0.6 is 0 Å². The number of anilines is 1. The van der Waals surface area contributed by atoms with E-state index >= 15 is 0 Å². The molecule has 32 heavy (non-hydrogen) atoms. The van der Waals surface area contributed by atoms with Crippen molar-refractivity contribution in [1.29, 1.82) is 0 Å². The normalized spacial score (nSPS) is 17.2. The Morgan fingerprint density at radius 2 is 1.94 bits per heavy atom. The molecular formula is C26H22FN3O2. The molecule has 4 aromatic rings. The molecule has 6 heteroatoms. The van der Waals surface area contributed by atoms with Crippen molar-refractivity contribution >= 4 is 22.5 Å². The van der Waals surface area contributed by atoms with Gasteiger partial charge in [0.15, 0.2) is 0 Å². The minimum Gasteiger partial charge on any atom is -0.489 e. The highest BCUT2D eigenvalue weighted by atomic mass is 19.1. The maximum Gasteiger partial charge on any atom is 0.258 e. The van der Waals surface area contributed by atoms with Crippen LogP contribution in [0.5, 0.6) is 5.75 Å². The van der Waals surface area contributed by atoms with Crippen LogP contribution in [0, 0.1) is 5.82 Å². The number of amides is 1. The Morgan fingerprint density at radius 1 is 1.09 bits per heavy atom. The maximum absolute atomic E-state index is 13.8. The molecule has 0 radical (unpaired) electrons. The number of hydrogen-bond acceptors (Lipinski definition) is 3. The van der Waals surface area contributed by atoms with Gasteiger partial charge in [0.05, 0.1) is 16.9 Å². The summed E-state index contributed by atoms with van der Waals surface area (Å²) in [5.41, 5.74) is 5.52. The van der Waals surface area contributed by atoms with Crippen LogP contribution in [0.2, 0.25) is 0 Å². The highest BCUT2D eigenvalue weighted by Gasteiger charge is 2.41. The number of H-pyrrole nitrogens is 1. The molecule has 0 aliphatic carbocycles. The van der Waals surface area contributed by atoms with Crippen molar-refractivity contribution < 1.29 is 13.9 Å². The zero-order valence-electron chi connectivity index (χ0n) is 17.6. The Labute approximate surface area is 185 Å². The number of rotatable bonds is 3. The van der Waals surface area contributed by atoms with E-state index in [9.17, 15) is 9.18 Å². The van der Waals surface area contributed by atoms with E-state index in [1.165, 1.54) is 17.7 Å². The van der Waals surface area contributed by atoms with Gasteiger partial charge >= 0.3 is 0 Å². The third-order valence-electron chi connectivity index (χ3n) is 6.51. The van der Waals surface area contributed by atoms with Gasteiger partial charge in [0.2, 0.25) is 0 Å². The van der Waals surface area contributed by atoms with Crippen LogP contribution in [0.15, 0.2) is 66.7 Å². The predicted molar refractivity (Wildman–Crippen MR) is 121 cm³/mol. The molecular weight excluding hydrogens is 405 g/mol. The molecule has 0 fully saturated rings. The second-order valence-corrected chi connectivity index (χ2v) is 8.39. The lowest BCUT2D eigenvalue weighted by Crippen LogP contribution is -2.51. The van der Waals surface area contributed by atoms with Gasteiger partial charge in [0, 0.05) is 24.5 Å². The molecule has 1 atom stereocenters. The summed E-state index contributed by atoms with van der Waals surface area (Å²) in [6.45, 7) is 1.10. The number of fused-ring (bicyclic) bond motifs is 6. The van der Waals surface area contributed by atoms with Crippen LogP contribution in [0.4, 0.5) is 10.1 Å². The first-order chi connectivity index (χ1) is 15.6. The second kappa shape index (κ2) is 7.12. The Balaban J connectivity index is 1.37. The summed E-state index contributed by atoms with van der Waals surface area (Å²) in [6.07, 6.45) is 0.489. The fraction of sp³-hybridized carbons (Fsp3) is 0.192. The SMILES string of the molecule is CN1c2ccc(F)cc2C(=O)N2CCc3c([nH]c4ccc(OCc5ccccc5)cc34)[C@@H]21. The van der Waals surface area contributed by atoms with Crippen molar-refractivity contribution in [3.8, 4) is 5.75 Å². The number of hydrogen-bond donors (Lipinski definition) is 1. The van der Waals surface area contributed by atoms with Crippen molar-refractivity contribution in [3.05, 3.63) is 94.9 Å². The Morgan fingerprint density at radius 3 is 2.78 bits per heavy atom. The number of nitrogens with one attached hydrogen (secondary N) is 1. The van der Waals surface area contributed by atoms with E-state index in [2.05, 4.69) is 16.0 Å². The van der Waals surface area contributed by atoms with Crippen LogP contribution in [-0.4, -0.2) is 29.4 Å². The number of nitrogens with zero attached hydrogens (tertiary/aromatic N) is 2. The summed E-state index contributed by atoms with van der Waals surface area (Å²) in [5, 5.41) is 1.12. The number of ether oxygens (including phenoxy) is 1. The van der Waals surface area contributed by atoms with Gasteiger partial charge in [0.1, 0.15) is 24.3 Å². The lowest BCUT2D eigenvalue weighted by molar-refractivity contribution is 0.0634. The standard InChI is InChI=1S/C26H22FN3O2/c1-29-23-10-7-17(27)13-21(23)26(31)30-12-11-19-20-14-18(32-15-16-5-3-2-4-6-16)8-9-22(20)28-24(19)25(29)30/h2-10,13-14,25,28H,11-12,15H2,1H3/t25-/m1/s1. The lowest BCUT2D eigenvalue weighted by atomic mass is 9.96. The van der Waals surface area contributed by atoms with Crippen molar-refractivity contribution in [2.45, 2.75) is 19.2 Å². The van der Waals surface area contributed by atoms with E-state index in [0.29, 0.717) is 18.7 Å². The lowest BCUT2D eigenvalue weighted by Gasteiger charge is -2.46.